The van der Waals surface area contributed by atoms with Gasteiger partial charge in [0.2, 0.25) is 0 Å². The lowest BCUT2D eigenvalue weighted by molar-refractivity contribution is -0.142. The summed E-state index contributed by atoms with van der Waals surface area (Å²) in [6.07, 6.45) is 0.898. The molecule has 9 heteroatoms. The second kappa shape index (κ2) is 4.33. The van der Waals surface area contributed by atoms with E-state index < -0.39 is 23.1 Å². The summed E-state index contributed by atoms with van der Waals surface area (Å²) in [6, 6.07) is 1.22. The van der Waals surface area contributed by atoms with Crippen LogP contribution >= 0.6 is 11.3 Å². The van der Waals surface area contributed by atoms with E-state index in [9.17, 15) is 18.4 Å². The fourth-order valence-electron chi connectivity index (χ4n) is 1.25. The normalized spacial score (nSPS) is 11.5. The fourth-order valence-corrected chi connectivity index (χ4v) is 1.97. The number of alkyl halides is 2. The first-order chi connectivity index (χ1) is 8.41. The number of amides is 1. The van der Waals surface area contributed by atoms with Gasteiger partial charge in [-0.1, -0.05) is 0 Å². The third-order valence-electron chi connectivity index (χ3n) is 2.15. The number of hydrogen-bond donors (Lipinski definition) is 2. The number of carbonyl (C=O) groups is 1. The SMILES string of the molecule is Cc1cc(C(F)(F)C(=O)Nn2cn[nH]c2=O)cs1. The predicted octanol–water partition coefficient (Wildman–Crippen LogP) is 0.803. The molecule has 0 aliphatic rings. The first kappa shape index (κ1) is 12.4. The number of carbonyl (C=O) groups excluding carboxylic acids is 1. The van der Waals surface area contributed by atoms with Gasteiger partial charge < -0.3 is 0 Å². The first-order valence-electron chi connectivity index (χ1n) is 4.78. The highest BCUT2D eigenvalue weighted by molar-refractivity contribution is 7.10. The number of aromatic amines is 1. The lowest BCUT2D eigenvalue weighted by Gasteiger charge is -2.14. The van der Waals surface area contributed by atoms with Crippen LogP contribution in [0.25, 0.3) is 0 Å². The van der Waals surface area contributed by atoms with Gasteiger partial charge in [0, 0.05) is 15.8 Å². The minimum Gasteiger partial charge on any atom is -0.266 e. The molecule has 96 valence electrons. The highest BCUT2D eigenvalue weighted by atomic mass is 32.1. The molecule has 0 radical (unpaired) electrons. The summed E-state index contributed by atoms with van der Waals surface area (Å²) in [5.74, 6) is -5.30. The molecule has 0 atom stereocenters. The highest BCUT2D eigenvalue weighted by Crippen LogP contribution is 2.31. The molecule has 0 unspecified atom stereocenters. The molecule has 0 saturated heterocycles. The number of hydrogen-bond acceptors (Lipinski definition) is 4. The van der Waals surface area contributed by atoms with Crippen molar-refractivity contribution in [3.05, 3.63) is 38.7 Å². The van der Waals surface area contributed by atoms with Crippen LogP contribution in [0.4, 0.5) is 8.78 Å². The standard InChI is InChI=1S/C9H8F2N4O2S/c1-5-2-6(3-18-5)9(10,11)7(16)14-15-4-12-13-8(15)17/h2-4H,1H3,(H,13,17)(H,14,16). The van der Waals surface area contributed by atoms with Crippen molar-refractivity contribution in [3.63, 3.8) is 0 Å². The van der Waals surface area contributed by atoms with Gasteiger partial charge in [0.25, 0.3) is 0 Å². The summed E-state index contributed by atoms with van der Waals surface area (Å²) < 4.78 is 28.0. The van der Waals surface area contributed by atoms with Crippen LogP contribution in [0.15, 0.2) is 22.6 Å². The Hall–Kier alpha value is -2.03. The van der Waals surface area contributed by atoms with Crippen LogP contribution in [-0.4, -0.2) is 20.8 Å². The van der Waals surface area contributed by atoms with Gasteiger partial charge in [-0.2, -0.15) is 18.6 Å². The molecular formula is C9H8F2N4O2S. The fraction of sp³-hybridized carbons (Fsp3) is 0.222. The van der Waals surface area contributed by atoms with Crippen LogP contribution < -0.4 is 11.1 Å². The highest BCUT2D eigenvalue weighted by Gasteiger charge is 2.42. The van der Waals surface area contributed by atoms with E-state index >= 15 is 0 Å². The van der Waals surface area contributed by atoms with Crippen molar-refractivity contribution in [2.45, 2.75) is 12.8 Å². The Morgan fingerprint density at radius 3 is 2.83 bits per heavy atom. The maximum atomic E-state index is 13.7. The van der Waals surface area contributed by atoms with Crippen LogP contribution in [0.1, 0.15) is 10.4 Å². The number of rotatable bonds is 3. The molecule has 0 aliphatic heterocycles. The summed E-state index contributed by atoms with van der Waals surface area (Å²) >= 11 is 1.11. The summed E-state index contributed by atoms with van der Waals surface area (Å²) in [7, 11) is 0. The van der Waals surface area contributed by atoms with Crippen molar-refractivity contribution < 1.29 is 13.6 Å². The van der Waals surface area contributed by atoms with E-state index in [0.717, 1.165) is 17.7 Å². The van der Waals surface area contributed by atoms with Gasteiger partial charge in [0.15, 0.2) is 0 Å². The molecule has 0 aliphatic carbocycles. The van der Waals surface area contributed by atoms with Crippen LogP contribution in [-0.2, 0) is 10.7 Å². The van der Waals surface area contributed by atoms with E-state index in [0.29, 0.717) is 9.55 Å². The molecule has 1 amide bonds. The van der Waals surface area contributed by atoms with Gasteiger partial charge >= 0.3 is 17.5 Å². The third-order valence-corrected chi connectivity index (χ3v) is 3.01. The van der Waals surface area contributed by atoms with Crippen LogP contribution in [0.3, 0.4) is 0 Å². The van der Waals surface area contributed by atoms with Gasteiger partial charge in [0.05, 0.1) is 0 Å². The lowest BCUT2D eigenvalue weighted by atomic mass is 10.1. The number of halogens is 2. The first-order valence-corrected chi connectivity index (χ1v) is 5.66. The number of aryl methyl sites for hydroxylation is 1. The maximum absolute atomic E-state index is 13.7. The van der Waals surface area contributed by atoms with Gasteiger partial charge in [-0.05, 0) is 13.0 Å². The number of thiophene rings is 1. The Morgan fingerprint density at radius 2 is 2.33 bits per heavy atom. The smallest absolute Gasteiger partial charge is 0.266 e. The van der Waals surface area contributed by atoms with E-state index in [1.54, 1.807) is 12.3 Å². The third kappa shape index (κ3) is 2.16. The predicted molar refractivity (Wildman–Crippen MR) is 60.2 cm³/mol. The van der Waals surface area contributed by atoms with Crippen molar-refractivity contribution >= 4 is 17.2 Å². The topological polar surface area (TPSA) is 79.8 Å². The van der Waals surface area contributed by atoms with Gasteiger partial charge in [-0.3, -0.25) is 10.2 Å². The molecule has 2 heterocycles. The van der Waals surface area contributed by atoms with Crippen LogP contribution in [0.2, 0.25) is 0 Å². The summed E-state index contributed by atoms with van der Waals surface area (Å²) in [5.41, 5.74) is 0.556. The zero-order chi connectivity index (χ0) is 13.3. The molecule has 2 rings (SSSR count). The van der Waals surface area contributed by atoms with Crippen molar-refractivity contribution in [2.75, 3.05) is 5.43 Å². The molecule has 0 fully saturated rings. The van der Waals surface area contributed by atoms with Gasteiger partial charge in [0.1, 0.15) is 6.33 Å². The second-order valence-electron chi connectivity index (χ2n) is 3.49. The molecule has 18 heavy (non-hydrogen) atoms. The Kier molecular flexibility index (Phi) is 2.99. The van der Waals surface area contributed by atoms with Gasteiger partial charge in [-0.15, -0.1) is 11.3 Å². The molecule has 2 N–H and O–H groups in total. The van der Waals surface area contributed by atoms with Crippen molar-refractivity contribution in [1.29, 1.82) is 0 Å². The zero-order valence-electron chi connectivity index (χ0n) is 9.11. The van der Waals surface area contributed by atoms with Gasteiger partial charge in [-0.25, -0.2) is 9.89 Å². The Balaban J connectivity index is 2.23. The van der Waals surface area contributed by atoms with Crippen LogP contribution in [0, 0.1) is 6.92 Å². The van der Waals surface area contributed by atoms with Crippen molar-refractivity contribution in [1.82, 2.24) is 14.9 Å². The molecule has 0 saturated carbocycles. The largest absolute Gasteiger partial charge is 0.362 e. The second-order valence-corrected chi connectivity index (χ2v) is 4.61. The quantitative estimate of drug-likeness (QED) is 0.869. The van der Waals surface area contributed by atoms with E-state index in [4.69, 9.17) is 0 Å². The average molecular weight is 274 g/mol. The summed E-state index contributed by atoms with van der Waals surface area (Å²) in [4.78, 5) is 23.1. The van der Waals surface area contributed by atoms with Crippen molar-refractivity contribution in [2.24, 2.45) is 0 Å². The Morgan fingerprint density at radius 1 is 1.61 bits per heavy atom. The summed E-state index contributed by atoms with van der Waals surface area (Å²) in [5, 5.41) is 6.47. The minimum atomic E-state index is -3.71. The number of nitrogens with one attached hydrogen (secondary N) is 2. The zero-order valence-corrected chi connectivity index (χ0v) is 9.92. The van der Waals surface area contributed by atoms with E-state index in [-0.39, 0.29) is 0 Å². The molecule has 0 bridgehead atoms. The van der Waals surface area contributed by atoms with E-state index in [1.807, 2.05) is 5.10 Å². The number of aromatic nitrogens is 3. The molecule has 6 nitrogen and oxygen atoms in total. The number of nitrogens with zero attached hydrogens (tertiary/aromatic N) is 2. The van der Waals surface area contributed by atoms with E-state index in [1.165, 1.54) is 11.4 Å². The Bertz CT molecular complexity index is 630. The summed E-state index contributed by atoms with van der Waals surface area (Å²) in [6.45, 7) is 1.66. The molecule has 0 spiro atoms. The number of H-pyrrole nitrogens is 1. The molecular weight excluding hydrogens is 266 g/mol. The lowest BCUT2D eigenvalue weighted by Crippen LogP contribution is -2.39. The minimum absolute atomic E-state index is 0.404. The Labute approximate surface area is 103 Å². The molecule has 2 aromatic rings. The molecule has 2 aromatic heterocycles. The molecule has 0 aromatic carbocycles. The average Bonchev–Trinajstić information content (AvgIpc) is 2.89. The monoisotopic (exact) mass is 274 g/mol. The van der Waals surface area contributed by atoms with E-state index in [2.05, 4.69) is 5.10 Å². The maximum Gasteiger partial charge on any atom is 0.362 e. The van der Waals surface area contributed by atoms with Crippen molar-refractivity contribution in [3.8, 4) is 0 Å². The van der Waals surface area contributed by atoms with Crippen LogP contribution in [0.5, 0.6) is 0 Å².